The summed E-state index contributed by atoms with van der Waals surface area (Å²) in [5.74, 6) is 1.73. The normalized spacial score (nSPS) is 17.6. The van der Waals surface area contributed by atoms with E-state index in [0.29, 0.717) is 11.6 Å². The Morgan fingerprint density at radius 3 is 3.04 bits per heavy atom. The van der Waals surface area contributed by atoms with E-state index < -0.39 is 0 Å². The third-order valence-electron chi connectivity index (χ3n) is 4.31. The van der Waals surface area contributed by atoms with E-state index in [1.54, 1.807) is 12.4 Å². The molecule has 0 bridgehead atoms. The van der Waals surface area contributed by atoms with Crippen molar-refractivity contribution in [1.82, 2.24) is 9.97 Å². The first-order valence-corrected chi connectivity index (χ1v) is 8.16. The van der Waals surface area contributed by atoms with Crippen LogP contribution in [0, 0.1) is 11.3 Å². The maximum absolute atomic E-state index is 8.99. The first kappa shape index (κ1) is 15.3. The predicted octanol–water partition coefficient (Wildman–Crippen LogP) is 3.86. The summed E-state index contributed by atoms with van der Waals surface area (Å²) in [6.07, 6.45) is 6.48. The van der Waals surface area contributed by atoms with E-state index in [1.807, 2.05) is 24.3 Å². The summed E-state index contributed by atoms with van der Waals surface area (Å²) >= 11 is 0. The van der Waals surface area contributed by atoms with Gasteiger partial charge in [-0.2, -0.15) is 5.26 Å². The molecule has 118 valence electrons. The fraction of sp³-hybridized carbons (Fsp3) is 0.389. The number of benzene rings is 1. The molecule has 1 fully saturated rings. The van der Waals surface area contributed by atoms with Crippen molar-refractivity contribution < 1.29 is 0 Å². The number of aromatic nitrogens is 2. The van der Waals surface area contributed by atoms with E-state index in [2.05, 4.69) is 33.2 Å². The van der Waals surface area contributed by atoms with Gasteiger partial charge in [0.15, 0.2) is 0 Å². The summed E-state index contributed by atoms with van der Waals surface area (Å²) in [7, 11) is 0. The van der Waals surface area contributed by atoms with Crippen LogP contribution in [0.1, 0.15) is 38.2 Å². The standard InChI is InChI=1S/C18H21N5/c1-2-16-8-3-4-9-23(16)18-11-17(20-13-21-18)22-15-7-5-6-14(10-15)12-19/h5-7,10-11,13,16H,2-4,8-9H2,1H3,(H,20,21,22). The van der Waals surface area contributed by atoms with Gasteiger partial charge in [-0.15, -0.1) is 0 Å². The van der Waals surface area contributed by atoms with E-state index in [1.165, 1.54) is 19.3 Å². The molecule has 2 aromatic rings. The summed E-state index contributed by atoms with van der Waals surface area (Å²) in [4.78, 5) is 11.2. The van der Waals surface area contributed by atoms with Crippen molar-refractivity contribution in [3.63, 3.8) is 0 Å². The summed E-state index contributed by atoms with van der Waals surface area (Å²) in [5, 5.41) is 12.3. The van der Waals surface area contributed by atoms with Gasteiger partial charge in [0.05, 0.1) is 11.6 Å². The SMILES string of the molecule is CCC1CCCCN1c1cc(Nc2cccc(C#N)c2)ncn1. The van der Waals surface area contributed by atoms with Crippen LogP contribution in [0.5, 0.6) is 0 Å². The topological polar surface area (TPSA) is 64.8 Å². The summed E-state index contributed by atoms with van der Waals surface area (Å²) in [6.45, 7) is 3.29. The third-order valence-corrected chi connectivity index (χ3v) is 4.31. The number of hydrogen-bond acceptors (Lipinski definition) is 5. The molecule has 3 rings (SSSR count). The zero-order chi connectivity index (χ0) is 16.1. The van der Waals surface area contributed by atoms with Crippen LogP contribution in [0.3, 0.4) is 0 Å². The van der Waals surface area contributed by atoms with Crippen molar-refractivity contribution in [3.8, 4) is 6.07 Å². The number of piperidine rings is 1. The molecule has 0 saturated carbocycles. The van der Waals surface area contributed by atoms with Gasteiger partial charge in [-0.25, -0.2) is 9.97 Å². The molecule has 0 radical (unpaired) electrons. The van der Waals surface area contributed by atoms with Crippen LogP contribution in [-0.2, 0) is 0 Å². The number of hydrogen-bond donors (Lipinski definition) is 1. The first-order valence-electron chi connectivity index (χ1n) is 8.16. The maximum Gasteiger partial charge on any atom is 0.135 e. The Labute approximate surface area is 137 Å². The fourth-order valence-corrected chi connectivity index (χ4v) is 3.11. The van der Waals surface area contributed by atoms with Crippen molar-refractivity contribution in [2.45, 2.75) is 38.6 Å². The van der Waals surface area contributed by atoms with E-state index in [4.69, 9.17) is 5.26 Å². The highest BCUT2D eigenvalue weighted by molar-refractivity contribution is 5.61. The minimum Gasteiger partial charge on any atom is -0.353 e. The van der Waals surface area contributed by atoms with E-state index >= 15 is 0 Å². The number of nitrogens with zero attached hydrogens (tertiary/aromatic N) is 4. The first-order chi connectivity index (χ1) is 11.3. The molecule has 1 unspecified atom stereocenters. The quantitative estimate of drug-likeness (QED) is 0.929. The van der Waals surface area contributed by atoms with Gasteiger partial charge < -0.3 is 10.2 Å². The maximum atomic E-state index is 8.99. The molecular formula is C18H21N5. The molecule has 0 aliphatic carbocycles. The fourth-order valence-electron chi connectivity index (χ4n) is 3.11. The Hall–Kier alpha value is -2.61. The van der Waals surface area contributed by atoms with Gasteiger partial charge in [0, 0.05) is 24.3 Å². The Kier molecular flexibility index (Phi) is 4.72. The molecule has 1 aliphatic rings. The number of nitrogens with one attached hydrogen (secondary N) is 1. The van der Waals surface area contributed by atoms with Gasteiger partial charge >= 0.3 is 0 Å². The van der Waals surface area contributed by atoms with Crippen molar-refractivity contribution >= 4 is 17.3 Å². The summed E-state index contributed by atoms with van der Waals surface area (Å²) in [6, 6.07) is 12.1. The van der Waals surface area contributed by atoms with Gasteiger partial charge in [-0.1, -0.05) is 13.0 Å². The van der Waals surface area contributed by atoms with Crippen molar-refractivity contribution in [2.24, 2.45) is 0 Å². The minimum absolute atomic E-state index is 0.563. The zero-order valence-corrected chi connectivity index (χ0v) is 13.4. The molecule has 1 saturated heterocycles. The molecule has 23 heavy (non-hydrogen) atoms. The molecule has 1 N–H and O–H groups in total. The molecule has 2 heterocycles. The molecule has 1 aromatic heterocycles. The van der Waals surface area contributed by atoms with Crippen LogP contribution in [0.25, 0.3) is 0 Å². The molecule has 1 aromatic carbocycles. The lowest BCUT2D eigenvalue weighted by Crippen LogP contribution is -2.39. The van der Waals surface area contributed by atoms with Crippen LogP contribution in [0.2, 0.25) is 0 Å². The summed E-state index contributed by atoms with van der Waals surface area (Å²) < 4.78 is 0. The van der Waals surface area contributed by atoms with Crippen LogP contribution in [0.15, 0.2) is 36.7 Å². The highest BCUT2D eigenvalue weighted by atomic mass is 15.2. The van der Waals surface area contributed by atoms with Gasteiger partial charge in [0.2, 0.25) is 0 Å². The van der Waals surface area contributed by atoms with Gasteiger partial charge in [-0.05, 0) is 43.9 Å². The average Bonchev–Trinajstić information content (AvgIpc) is 2.62. The number of rotatable bonds is 4. The van der Waals surface area contributed by atoms with Crippen LogP contribution < -0.4 is 10.2 Å². The van der Waals surface area contributed by atoms with Crippen molar-refractivity contribution in [1.29, 1.82) is 5.26 Å². The number of anilines is 3. The number of nitriles is 1. The van der Waals surface area contributed by atoms with Gasteiger partial charge in [-0.3, -0.25) is 0 Å². The molecular weight excluding hydrogens is 286 g/mol. The molecule has 5 nitrogen and oxygen atoms in total. The molecule has 0 spiro atoms. The van der Waals surface area contributed by atoms with E-state index in [-0.39, 0.29) is 0 Å². The molecule has 5 heteroatoms. The van der Waals surface area contributed by atoms with Crippen LogP contribution in [0.4, 0.5) is 17.3 Å². The second kappa shape index (κ2) is 7.10. The monoisotopic (exact) mass is 307 g/mol. The minimum atomic E-state index is 0.563. The highest BCUT2D eigenvalue weighted by Gasteiger charge is 2.22. The van der Waals surface area contributed by atoms with E-state index in [9.17, 15) is 0 Å². The van der Waals surface area contributed by atoms with Gasteiger partial charge in [0.1, 0.15) is 18.0 Å². The second-order valence-electron chi connectivity index (χ2n) is 5.83. The third kappa shape index (κ3) is 3.59. The Morgan fingerprint density at radius 1 is 1.30 bits per heavy atom. The highest BCUT2D eigenvalue weighted by Crippen LogP contribution is 2.26. The molecule has 1 aliphatic heterocycles. The lowest BCUT2D eigenvalue weighted by molar-refractivity contribution is 0.446. The smallest absolute Gasteiger partial charge is 0.135 e. The van der Waals surface area contributed by atoms with Gasteiger partial charge in [0.25, 0.3) is 0 Å². The van der Waals surface area contributed by atoms with Crippen LogP contribution in [-0.4, -0.2) is 22.6 Å². The average molecular weight is 307 g/mol. The zero-order valence-electron chi connectivity index (χ0n) is 13.4. The Balaban J connectivity index is 1.80. The Bertz CT molecular complexity index is 707. The lowest BCUT2D eigenvalue weighted by Gasteiger charge is -2.36. The molecule has 0 amide bonds. The molecule has 1 atom stereocenters. The van der Waals surface area contributed by atoms with Crippen molar-refractivity contribution in [3.05, 3.63) is 42.2 Å². The second-order valence-corrected chi connectivity index (χ2v) is 5.83. The van der Waals surface area contributed by atoms with Crippen molar-refractivity contribution in [2.75, 3.05) is 16.8 Å². The largest absolute Gasteiger partial charge is 0.353 e. The van der Waals surface area contributed by atoms with Crippen LogP contribution >= 0.6 is 0 Å². The predicted molar refractivity (Wildman–Crippen MR) is 91.7 cm³/mol. The summed E-state index contributed by atoms with van der Waals surface area (Å²) in [5.41, 5.74) is 1.49. The Morgan fingerprint density at radius 2 is 2.22 bits per heavy atom. The lowest BCUT2D eigenvalue weighted by atomic mass is 10.0. The van der Waals surface area contributed by atoms with E-state index in [0.717, 1.165) is 30.3 Å².